The number of hydrogen-bond acceptors (Lipinski definition) is 0. The monoisotopic (exact) mass is 466 g/mol. The molecule has 0 nitrogen and oxygen atoms in total. The molecule has 3 aromatic carbocycles. The van der Waals surface area contributed by atoms with Crippen LogP contribution in [0.3, 0.4) is 0 Å². The predicted molar refractivity (Wildman–Crippen MR) is 130 cm³/mol. The number of unbranched alkanes of at least 4 members (excludes halogenated alkanes) is 3. The second-order valence-electron chi connectivity index (χ2n) is 9.41. The van der Waals surface area contributed by atoms with Crippen molar-refractivity contribution in [1.29, 1.82) is 0 Å². The zero-order chi connectivity index (χ0) is 24.1. The van der Waals surface area contributed by atoms with Gasteiger partial charge in [0.05, 0.1) is 5.56 Å². The van der Waals surface area contributed by atoms with Gasteiger partial charge in [-0.1, -0.05) is 62.3 Å². The van der Waals surface area contributed by atoms with E-state index in [0.717, 1.165) is 55.7 Å². The summed E-state index contributed by atoms with van der Waals surface area (Å²) >= 11 is 0. The summed E-state index contributed by atoms with van der Waals surface area (Å²) < 4.78 is 55.6. The Labute approximate surface area is 199 Å². The van der Waals surface area contributed by atoms with Crippen LogP contribution < -0.4 is 0 Å². The van der Waals surface area contributed by atoms with E-state index in [2.05, 4.69) is 18.8 Å². The van der Waals surface area contributed by atoms with Crippen LogP contribution in [0.4, 0.5) is 17.6 Å². The first kappa shape index (κ1) is 24.3. The molecule has 4 heteroatoms. The lowest BCUT2D eigenvalue weighted by Gasteiger charge is -2.26. The van der Waals surface area contributed by atoms with E-state index in [0.29, 0.717) is 10.9 Å². The van der Waals surface area contributed by atoms with Crippen molar-refractivity contribution in [3.63, 3.8) is 0 Å². The first-order valence-electron chi connectivity index (χ1n) is 12.3. The van der Waals surface area contributed by atoms with E-state index in [1.54, 1.807) is 24.3 Å². The van der Waals surface area contributed by atoms with Gasteiger partial charge in [-0.25, -0.2) is 17.6 Å². The van der Waals surface area contributed by atoms with Crippen molar-refractivity contribution in [2.45, 2.75) is 70.6 Å². The third-order valence-electron chi connectivity index (χ3n) is 6.96. The molecule has 34 heavy (non-hydrogen) atoms. The molecule has 0 bridgehead atoms. The largest absolute Gasteiger partial charge is 0.206 e. The Morgan fingerprint density at radius 1 is 0.794 bits per heavy atom. The highest BCUT2D eigenvalue weighted by atomic mass is 19.2. The minimum absolute atomic E-state index is 0.0937. The van der Waals surface area contributed by atoms with Crippen molar-refractivity contribution < 1.29 is 17.6 Å². The smallest absolute Gasteiger partial charge is 0.195 e. The van der Waals surface area contributed by atoms with Gasteiger partial charge in [0.2, 0.25) is 0 Å². The second kappa shape index (κ2) is 11.1. The SMILES string of the molecule is CCCCCCc1ccc(C#CC2CCC(c3ccc4c(F)c(F)c(F)cc4c3)CC2)c(F)c1. The maximum Gasteiger partial charge on any atom is 0.195 e. The lowest BCUT2D eigenvalue weighted by atomic mass is 9.78. The Bertz CT molecular complexity index is 1210. The van der Waals surface area contributed by atoms with Crippen molar-refractivity contribution in [1.82, 2.24) is 0 Å². The van der Waals surface area contributed by atoms with Crippen LogP contribution in [0.15, 0.2) is 42.5 Å². The van der Waals surface area contributed by atoms with Crippen LogP contribution in [-0.4, -0.2) is 0 Å². The molecule has 0 radical (unpaired) electrons. The summed E-state index contributed by atoms with van der Waals surface area (Å²) in [6, 6.07) is 11.5. The number of fused-ring (bicyclic) bond motifs is 1. The zero-order valence-corrected chi connectivity index (χ0v) is 19.6. The van der Waals surface area contributed by atoms with Gasteiger partial charge in [0, 0.05) is 11.3 Å². The third kappa shape index (κ3) is 5.63. The summed E-state index contributed by atoms with van der Waals surface area (Å²) in [7, 11) is 0. The summed E-state index contributed by atoms with van der Waals surface area (Å²) in [6.45, 7) is 2.18. The van der Waals surface area contributed by atoms with Crippen LogP contribution in [0, 0.1) is 41.0 Å². The van der Waals surface area contributed by atoms with Gasteiger partial charge in [0.1, 0.15) is 5.82 Å². The Kier molecular flexibility index (Phi) is 7.93. The minimum Gasteiger partial charge on any atom is -0.206 e. The van der Waals surface area contributed by atoms with Crippen LogP contribution in [-0.2, 0) is 6.42 Å². The first-order chi connectivity index (χ1) is 16.5. The van der Waals surface area contributed by atoms with Gasteiger partial charge in [-0.3, -0.25) is 0 Å². The average Bonchev–Trinajstić information content (AvgIpc) is 2.85. The first-order valence-corrected chi connectivity index (χ1v) is 12.3. The highest BCUT2D eigenvalue weighted by Gasteiger charge is 2.22. The number of rotatable bonds is 6. The van der Waals surface area contributed by atoms with Gasteiger partial charge >= 0.3 is 0 Å². The fraction of sp³-hybridized carbons (Fsp3) is 0.400. The molecular formula is C30H30F4. The lowest BCUT2D eigenvalue weighted by molar-refractivity contribution is 0.385. The Morgan fingerprint density at radius 3 is 2.32 bits per heavy atom. The van der Waals surface area contributed by atoms with E-state index in [-0.39, 0.29) is 23.0 Å². The maximum atomic E-state index is 14.5. The van der Waals surface area contributed by atoms with Gasteiger partial charge < -0.3 is 0 Å². The molecule has 1 saturated carbocycles. The predicted octanol–water partition coefficient (Wildman–Crippen LogP) is 8.84. The van der Waals surface area contributed by atoms with Crippen LogP contribution in [0.2, 0.25) is 0 Å². The van der Waals surface area contributed by atoms with Gasteiger partial charge in [-0.2, -0.15) is 0 Å². The molecule has 0 unspecified atom stereocenters. The van der Waals surface area contributed by atoms with Crippen LogP contribution in [0.25, 0.3) is 10.8 Å². The van der Waals surface area contributed by atoms with Crippen LogP contribution >= 0.6 is 0 Å². The standard InChI is InChI=1S/C30H30F4/c1-2-3-4-5-6-21-10-14-23(27(31)17-21)13-9-20-7-11-22(12-8-20)24-15-16-26-25(18-24)19-28(32)30(34)29(26)33/h10,14-20,22H,2-8,11-12H2,1H3. The molecule has 0 heterocycles. The van der Waals surface area contributed by atoms with Crippen molar-refractivity contribution >= 4 is 10.8 Å². The van der Waals surface area contributed by atoms with E-state index in [4.69, 9.17) is 0 Å². The molecule has 1 fully saturated rings. The van der Waals surface area contributed by atoms with Crippen molar-refractivity contribution in [3.8, 4) is 11.8 Å². The molecule has 0 saturated heterocycles. The normalized spacial score (nSPS) is 18.0. The summed E-state index contributed by atoms with van der Waals surface area (Å²) in [6.07, 6.45) is 9.13. The lowest BCUT2D eigenvalue weighted by Crippen LogP contribution is -2.12. The van der Waals surface area contributed by atoms with Crippen molar-refractivity contribution in [2.75, 3.05) is 0 Å². The second-order valence-corrected chi connectivity index (χ2v) is 9.41. The van der Waals surface area contributed by atoms with Crippen LogP contribution in [0.5, 0.6) is 0 Å². The van der Waals surface area contributed by atoms with Crippen LogP contribution in [0.1, 0.15) is 80.9 Å². The molecule has 1 aliphatic rings. The number of benzene rings is 3. The van der Waals surface area contributed by atoms with Crippen molar-refractivity contribution in [2.24, 2.45) is 5.92 Å². The Morgan fingerprint density at radius 2 is 1.59 bits per heavy atom. The van der Waals surface area contributed by atoms with Crippen molar-refractivity contribution in [3.05, 3.63) is 82.4 Å². The summed E-state index contributed by atoms with van der Waals surface area (Å²) in [4.78, 5) is 0. The third-order valence-corrected chi connectivity index (χ3v) is 6.96. The molecule has 0 aliphatic heterocycles. The van der Waals surface area contributed by atoms with E-state index in [9.17, 15) is 17.6 Å². The molecule has 3 aromatic rings. The summed E-state index contributed by atoms with van der Waals surface area (Å²) in [5.41, 5.74) is 2.48. The highest BCUT2D eigenvalue weighted by Crippen LogP contribution is 2.37. The number of halogens is 4. The van der Waals surface area contributed by atoms with E-state index in [1.165, 1.54) is 25.3 Å². The molecule has 1 aliphatic carbocycles. The Hall–Kier alpha value is -2.80. The van der Waals surface area contributed by atoms with E-state index < -0.39 is 17.5 Å². The molecule has 0 spiro atoms. The van der Waals surface area contributed by atoms with Gasteiger partial charge in [-0.15, -0.1) is 0 Å². The Balaban J connectivity index is 1.36. The fourth-order valence-electron chi connectivity index (χ4n) is 4.90. The molecule has 0 amide bonds. The fourth-order valence-corrected chi connectivity index (χ4v) is 4.90. The molecular weight excluding hydrogens is 436 g/mol. The van der Waals surface area contributed by atoms with E-state index in [1.807, 2.05) is 6.07 Å². The molecule has 0 aromatic heterocycles. The van der Waals surface area contributed by atoms with Gasteiger partial charge in [0.25, 0.3) is 0 Å². The topological polar surface area (TPSA) is 0 Å². The average molecular weight is 467 g/mol. The zero-order valence-electron chi connectivity index (χ0n) is 19.6. The molecule has 0 atom stereocenters. The van der Waals surface area contributed by atoms with Gasteiger partial charge in [-0.05, 0) is 79.2 Å². The maximum absolute atomic E-state index is 14.5. The quantitative estimate of drug-likeness (QED) is 0.147. The number of hydrogen-bond donors (Lipinski definition) is 0. The molecule has 0 N–H and O–H groups in total. The minimum atomic E-state index is -1.43. The summed E-state index contributed by atoms with van der Waals surface area (Å²) in [5.74, 6) is 2.77. The highest BCUT2D eigenvalue weighted by molar-refractivity contribution is 5.84. The number of aryl methyl sites for hydroxylation is 1. The molecule has 4 rings (SSSR count). The van der Waals surface area contributed by atoms with E-state index >= 15 is 0 Å². The molecule has 178 valence electrons. The summed E-state index contributed by atoms with van der Waals surface area (Å²) in [5, 5.41) is 0.469. The van der Waals surface area contributed by atoms with Gasteiger partial charge in [0.15, 0.2) is 17.5 Å².